The number of ketones is 1. The highest BCUT2D eigenvalue weighted by atomic mass is 16.6. The maximum Gasteiger partial charge on any atom is 0.344 e. The second-order valence-electron chi connectivity index (χ2n) is 6.50. The van der Waals surface area contributed by atoms with Crippen molar-refractivity contribution < 1.29 is 23.9 Å². The molecule has 32 heavy (non-hydrogen) atoms. The number of Topliss-reactive ketones (excluding diaryl/α,β-unsaturated/α-hetero) is 1. The van der Waals surface area contributed by atoms with Crippen molar-refractivity contribution in [2.24, 2.45) is 0 Å². The van der Waals surface area contributed by atoms with Gasteiger partial charge in [0.25, 0.3) is 0 Å². The molecule has 1 aliphatic carbocycles. The highest BCUT2D eigenvalue weighted by Gasteiger charge is 2.16. The fourth-order valence-corrected chi connectivity index (χ4v) is 2.25. The summed E-state index contributed by atoms with van der Waals surface area (Å²) in [5, 5.41) is 9.20. The first-order valence-electron chi connectivity index (χ1n) is 9.88. The molecule has 7 nitrogen and oxygen atoms in total. The van der Waals surface area contributed by atoms with Gasteiger partial charge in [0.2, 0.25) is 11.8 Å². The molecule has 0 N–H and O–H groups in total. The summed E-state index contributed by atoms with van der Waals surface area (Å²) in [6.45, 7) is 3.43. The average Bonchev–Trinajstić information content (AvgIpc) is 3.10. The van der Waals surface area contributed by atoms with Gasteiger partial charge < -0.3 is 14.3 Å². The molecular weight excluding hydrogens is 408 g/mol. The molecule has 0 saturated carbocycles. The van der Waals surface area contributed by atoms with E-state index in [1.165, 1.54) is 12.1 Å². The number of benzene rings is 1. The number of nitriles is 1. The first kappa shape index (κ1) is 24.0. The molecule has 0 unspecified atom stereocenters. The minimum Gasteiger partial charge on any atom is -0.404 e. The van der Waals surface area contributed by atoms with Crippen LogP contribution in [0.2, 0.25) is 0 Å². The smallest absolute Gasteiger partial charge is 0.344 e. The van der Waals surface area contributed by atoms with Crippen LogP contribution in [0.15, 0.2) is 78.4 Å². The zero-order valence-electron chi connectivity index (χ0n) is 17.8. The fraction of sp³-hybridized carbons (Fsp3) is 0.160. The lowest BCUT2D eigenvalue weighted by molar-refractivity contribution is -0.130. The van der Waals surface area contributed by atoms with Crippen molar-refractivity contribution in [3.8, 4) is 17.8 Å². The zero-order valence-corrected chi connectivity index (χ0v) is 17.8. The Labute approximate surface area is 186 Å². The summed E-state index contributed by atoms with van der Waals surface area (Å²) in [4.78, 5) is 38.2. The molecule has 0 radical (unpaired) electrons. The van der Waals surface area contributed by atoms with E-state index in [1.54, 1.807) is 55.5 Å². The number of nitrogens with zero attached hydrogens (tertiary/aromatic N) is 2. The summed E-state index contributed by atoms with van der Waals surface area (Å²) in [7, 11) is 0. The Morgan fingerprint density at radius 3 is 2.41 bits per heavy atom. The minimum atomic E-state index is -0.663. The zero-order chi connectivity index (χ0) is 23.3. The molecule has 1 aromatic heterocycles. The Morgan fingerprint density at radius 1 is 1.03 bits per heavy atom. The Bertz CT molecular complexity index is 1110. The number of aromatic nitrogens is 1. The van der Waals surface area contributed by atoms with Crippen LogP contribution in [-0.4, -0.2) is 22.7 Å². The van der Waals surface area contributed by atoms with Crippen LogP contribution in [0.25, 0.3) is 0 Å². The number of ether oxygens (including phenoxy) is 2. The third-order valence-corrected chi connectivity index (χ3v) is 4.08. The number of hydrogen-bond donors (Lipinski definition) is 0. The number of carbonyl (C=O) groups is 3. The van der Waals surface area contributed by atoms with Crippen LogP contribution in [0.1, 0.15) is 42.6 Å². The lowest BCUT2D eigenvalue weighted by atomic mass is 10.2. The summed E-state index contributed by atoms with van der Waals surface area (Å²) in [6, 6.07) is 12.9. The van der Waals surface area contributed by atoms with Crippen molar-refractivity contribution >= 4 is 17.7 Å². The van der Waals surface area contributed by atoms with Crippen molar-refractivity contribution in [2.45, 2.75) is 26.7 Å². The summed E-state index contributed by atoms with van der Waals surface area (Å²) < 4.78 is 10.4. The lowest BCUT2D eigenvalue weighted by Gasteiger charge is -2.08. The van der Waals surface area contributed by atoms with E-state index in [0.29, 0.717) is 24.0 Å². The molecule has 7 heteroatoms. The normalized spacial score (nSPS) is 11.7. The molecular formula is C25H22N2O5. The molecule has 0 fully saturated rings. The lowest BCUT2D eigenvalue weighted by Crippen LogP contribution is -2.13. The predicted octanol–water partition coefficient (Wildman–Crippen LogP) is 4.51. The highest BCUT2D eigenvalue weighted by molar-refractivity contribution is 5.93. The summed E-state index contributed by atoms with van der Waals surface area (Å²) in [6.07, 6.45) is 10.1. The van der Waals surface area contributed by atoms with E-state index in [9.17, 15) is 19.6 Å². The maximum absolute atomic E-state index is 12.2. The first-order valence-corrected chi connectivity index (χ1v) is 9.88. The van der Waals surface area contributed by atoms with E-state index in [1.807, 2.05) is 25.1 Å². The van der Waals surface area contributed by atoms with Crippen LogP contribution >= 0.6 is 0 Å². The Balaban J connectivity index is 0.000000654. The summed E-state index contributed by atoms with van der Waals surface area (Å²) in [5.74, 6) is -1.29. The van der Waals surface area contributed by atoms with Crippen molar-refractivity contribution in [2.75, 3.05) is 0 Å². The summed E-state index contributed by atoms with van der Waals surface area (Å²) in [5.41, 5.74) is 0.748. The van der Waals surface area contributed by atoms with Gasteiger partial charge in [-0.1, -0.05) is 49.4 Å². The van der Waals surface area contributed by atoms with Gasteiger partial charge >= 0.3 is 11.9 Å². The molecule has 1 aliphatic rings. The maximum atomic E-state index is 12.2. The first-order chi connectivity index (χ1) is 15.4. The Kier molecular flexibility index (Phi) is 9.29. The molecule has 3 rings (SSSR count). The number of carbonyl (C=O) groups excluding carboxylic acids is 3. The van der Waals surface area contributed by atoms with Crippen LogP contribution in [0.5, 0.6) is 11.8 Å². The van der Waals surface area contributed by atoms with Crippen LogP contribution in [0, 0.1) is 11.3 Å². The standard InChI is InChI=1S/C21H14N2O4.C4H8O/c22-14-17-12-13-18(26-20(24)15-8-4-1-2-5-9-15)23-19(17)27-21(25)16-10-6-3-7-11-16;1-3-4(2)5/h1-4,6-13H,5H2;3H2,1-2H3. The topological polar surface area (TPSA) is 106 Å². The van der Waals surface area contributed by atoms with E-state index < -0.39 is 11.9 Å². The van der Waals surface area contributed by atoms with Crippen molar-refractivity contribution in [1.29, 1.82) is 5.26 Å². The fourth-order valence-electron chi connectivity index (χ4n) is 2.25. The number of hydrogen-bond acceptors (Lipinski definition) is 7. The predicted molar refractivity (Wildman–Crippen MR) is 118 cm³/mol. The van der Waals surface area contributed by atoms with Gasteiger partial charge in [-0.3, -0.25) is 0 Å². The molecule has 1 aromatic carbocycles. The summed E-state index contributed by atoms with van der Waals surface area (Å²) >= 11 is 0. The van der Waals surface area contributed by atoms with Gasteiger partial charge in [-0.15, -0.1) is 0 Å². The second-order valence-corrected chi connectivity index (χ2v) is 6.50. The third-order valence-electron chi connectivity index (χ3n) is 4.08. The second kappa shape index (κ2) is 12.4. The van der Waals surface area contributed by atoms with Crippen LogP contribution in [0.4, 0.5) is 0 Å². The minimum absolute atomic E-state index is 0.0526. The Hall–Kier alpha value is -4.31. The van der Waals surface area contributed by atoms with E-state index in [0.717, 1.165) is 0 Å². The molecule has 162 valence electrons. The molecule has 0 spiro atoms. The van der Waals surface area contributed by atoms with Crippen LogP contribution in [0.3, 0.4) is 0 Å². The van der Waals surface area contributed by atoms with E-state index in [-0.39, 0.29) is 23.1 Å². The van der Waals surface area contributed by atoms with E-state index >= 15 is 0 Å². The van der Waals surface area contributed by atoms with Crippen molar-refractivity contribution in [3.63, 3.8) is 0 Å². The van der Waals surface area contributed by atoms with Crippen molar-refractivity contribution in [3.05, 3.63) is 89.5 Å². The highest BCUT2D eigenvalue weighted by Crippen LogP contribution is 2.21. The molecule has 2 aromatic rings. The van der Waals surface area contributed by atoms with E-state index in [4.69, 9.17) is 9.47 Å². The van der Waals surface area contributed by atoms with Gasteiger partial charge in [0.05, 0.1) is 11.1 Å². The average molecular weight is 430 g/mol. The van der Waals surface area contributed by atoms with Crippen LogP contribution in [-0.2, 0) is 9.59 Å². The third kappa shape index (κ3) is 7.50. The van der Waals surface area contributed by atoms with Gasteiger partial charge in [0.1, 0.15) is 17.4 Å². The van der Waals surface area contributed by atoms with Gasteiger partial charge in [-0.25, -0.2) is 9.59 Å². The monoisotopic (exact) mass is 430 g/mol. The molecule has 0 amide bonds. The number of pyridine rings is 1. The molecule has 0 saturated heterocycles. The van der Waals surface area contributed by atoms with Crippen molar-refractivity contribution in [1.82, 2.24) is 4.98 Å². The van der Waals surface area contributed by atoms with Gasteiger partial charge in [-0.05, 0) is 37.6 Å². The number of rotatable bonds is 5. The Morgan fingerprint density at radius 2 is 1.75 bits per heavy atom. The molecule has 0 atom stereocenters. The number of esters is 2. The molecule has 0 aliphatic heterocycles. The largest absolute Gasteiger partial charge is 0.404 e. The van der Waals surface area contributed by atoms with E-state index in [2.05, 4.69) is 4.98 Å². The van der Waals surface area contributed by atoms with Gasteiger partial charge in [0, 0.05) is 12.5 Å². The van der Waals surface area contributed by atoms with Gasteiger partial charge in [0.15, 0.2) is 0 Å². The molecule has 0 bridgehead atoms. The number of allylic oxidation sites excluding steroid dienone is 4. The molecule has 1 heterocycles. The quantitative estimate of drug-likeness (QED) is 0.643. The van der Waals surface area contributed by atoms with Crippen LogP contribution < -0.4 is 9.47 Å². The SMILES string of the molecule is CCC(C)=O.N#Cc1ccc(OC(=O)C2=CCC=CC=C2)nc1OC(=O)c1ccccc1. The van der Waals surface area contributed by atoms with Gasteiger partial charge in [-0.2, -0.15) is 10.2 Å².